The molecule has 0 saturated carbocycles. The van der Waals surface area contributed by atoms with Crippen LogP contribution in [0.4, 0.5) is 0 Å². The standard InChI is InChI=1S/C10H8ClN5/c11-7-2-1-3-8-10(7)6(5-12-8)4-9-13-15-16-14-9/h1-3,5,12H,4H2,(H,13,14,15,16). The van der Waals surface area contributed by atoms with Crippen LogP contribution in [0.5, 0.6) is 0 Å². The van der Waals surface area contributed by atoms with Gasteiger partial charge in [0, 0.05) is 23.5 Å². The van der Waals surface area contributed by atoms with Gasteiger partial charge in [0.15, 0.2) is 5.82 Å². The fraction of sp³-hybridized carbons (Fsp3) is 0.100. The molecular weight excluding hydrogens is 226 g/mol. The van der Waals surface area contributed by atoms with Gasteiger partial charge in [0.2, 0.25) is 0 Å². The number of aromatic nitrogens is 5. The largest absolute Gasteiger partial charge is 0.361 e. The molecule has 3 aromatic rings. The number of nitrogens with one attached hydrogen (secondary N) is 2. The number of tetrazole rings is 1. The van der Waals surface area contributed by atoms with Crippen molar-refractivity contribution >= 4 is 22.5 Å². The highest BCUT2D eigenvalue weighted by molar-refractivity contribution is 6.35. The van der Waals surface area contributed by atoms with E-state index in [0.717, 1.165) is 21.5 Å². The molecule has 0 radical (unpaired) electrons. The highest BCUT2D eigenvalue weighted by Crippen LogP contribution is 2.27. The van der Waals surface area contributed by atoms with Gasteiger partial charge in [-0.05, 0) is 17.7 Å². The number of nitrogens with zero attached hydrogens (tertiary/aromatic N) is 3. The fourth-order valence-corrected chi connectivity index (χ4v) is 2.07. The molecule has 0 fully saturated rings. The molecule has 0 spiro atoms. The zero-order chi connectivity index (χ0) is 11.0. The number of aromatic amines is 2. The molecule has 0 atom stereocenters. The van der Waals surface area contributed by atoms with Crippen molar-refractivity contribution in [3.8, 4) is 0 Å². The first kappa shape index (κ1) is 9.35. The van der Waals surface area contributed by atoms with Gasteiger partial charge in [0.25, 0.3) is 0 Å². The molecule has 3 rings (SSSR count). The molecule has 0 saturated heterocycles. The van der Waals surface area contributed by atoms with Crippen molar-refractivity contribution in [3.63, 3.8) is 0 Å². The smallest absolute Gasteiger partial charge is 0.178 e. The second-order valence-corrected chi connectivity index (χ2v) is 3.89. The molecular formula is C10H8ClN5. The molecule has 80 valence electrons. The molecule has 6 heteroatoms. The van der Waals surface area contributed by atoms with Crippen molar-refractivity contribution in [3.05, 3.63) is 40.8 Å². The molecule has 0 amide bonds. The summed E-state index contributed by atoms with van der Waals surface area (Å²) in [4.78, 5) is 3.17. The van der Waals surface area contributed by atoms with Crippen LogP contribution in [0.3, 0.4) is 0 Å². The van der Waals surface area contributed by atoms with E-state index in [4.69, 9.17) is 11.6 Å². The Bertz CT molecular complexity index is 613. The normalized spacial score (nSPS) is 11.1. The zero-order valence-corrected chi connectivity index (χ0v) is 8.99. The number of hydrogen-bond donors (Lipinski definition) is 2. The van der Waals surface area contributed by atoms with Crippen LogP contribution in [0.1, 0.15) is 11.4 Å². The third kappa shape index (κ3) is 1.45. The van der Waals surface area contributed by atoms with E-state index in [-0.39, 0.29) is 0 Å². The van der Waals surface area contributed by atoms with E-state index in [9.17, 15) is 0 Å². The molecule has 0 aliphatic heterocycles. The molecule has 0 aliphatic carbocycles. The van der Waals surface area contributed by atoms with Crippen LogP contribution in [0.25, 0.3) is 10.9 Å². The molecule has 2 heterocycles. The number of rotatable bonds is 2. The molecule has 16 heavy (non-hydrogen) atoms. The van der Waals surface area contributed by atoms with E-state index < -0.39 is 0 Å². The van der Waals surface area contributed by atoms with Crippen LogP contribution in [0, 0.1) is 0 Å². The van der Waals surface area contributed by atoms with E-state index in [1.807, 2.05) is 24.4 Å². The minimum absolute atomic E-state index is 0.611. The monoisotopic (exact) mass is 233 g/mol. The summed E-state index contributed by atoms with van der Waals surface area (Å²) >= 11 is 6.16. The third-order valence-electron chi connectivity index (χ3n) is 2.47. The first-order valence-electron chi connectivity index (χ1n) is 4.81. The number of hydrogen-bond acceptors (Lipinski definition) is 3. The molecule has 0 aliphatic rings. The van der Waals surface area contributed by atoms with Crippen LogP contribution in [-0.2, 0) is 6.42 Å². The maximum absolute atomic E-state index is 6.16. The van der Waals surface area contributed by atoms with E-state index in [1.54, 1.807) is 0 Å². The number of benzene rings is 1. The van der Waals surface area contributed by atoms with E-state index >= 15 is 0 Å². The lowest BCUT2D eigenvalue weighted by molar-refractivity contribution is 0.881. The van der Waals surface area contributed by atoms with Gasteiger partial charge in [0.05, 0.1) is 5.02 Å². The van der Waals surface area contributed by atoms with Crippen molar-refractivity contribution in [2.24, 2.45) is 0 Å². The van der Waals surface area contributed by atoms with Gasteiger partial charge in [-0.25, -0.2) is 0 Å². The van der Waals surface area contributed by atoms with Crippen molar-refractivity contribution in [2.45, 2.75) is 6.42 Å². The quantitative estimate of drug-likeness (QED) is 0.711. The molecule has 2 aromatic heterocycles. The SMILES string of the molecule is Clc1cccc2[nH]cc(Cc3nn[nH]n3)c12. The Kier molecular flexibility index (Phi) is 2.11. The molecule has 0 unspecified atom stereocenters. The Hall–Kier alpha value is -1.88. The Labute approximate surface area is 95.8 Å². The summed E-state index contributed by atoms with van der Waals surface area (Å²) < 4.78 is 0. The third-order valence-corrected chi connectivity index (χ3v) is 2.79. The van der Waals surface area contributed by atoms with Crippen LogP contribution < -0.4 is 0 Å². The molecule has 1 aromatic carbocycles. The van der Waals surface area contributed by atoms with Crippen LogP contribution in [0.2, 0.25) is 5.02 Å². The minimum atomic E-state index is 0.611. The van der Waals surface area contributed by atoms with Crippen molar-refractivity contribution in [1.29, 1.82) is 0 Å². The van der Waals surface area contributed by atoms with Crippen molar-refractivity contribution in [2.75, 3.05) is 0 Å². The van der Waals surface area contributed by atoms with Crippen LogP contribution in [-0.4, -0.2) is 25.6 Å². The van der Waals surface area contributed by atoms with Crippen molar-refractivity contribution in [1.82, 2.24) is 25.6 Å². The van der Waals surface area contributed by atoms with Gasteiger partial charge in [-0.3, -0.25) is 0 Å². The van der Waals surface area contributed by atoms with Crippen LogP contribution >= 0.6 is 11.6 Å². The van der Waals surface area contributed by atoms with Gasteiger partial charge in [-0.1, -0.05) is 22.9 Å². The first-order chi connectivity index (χ1) is 7.84. The molecule has 5 nitrogen and oxygen atoms in total. The lowest BCUT2D eigenvalue weighted by Crippen LogP contribution is -1.90. The van der Waals surface area contributed by atoms with E-state index in [0.29, 0.717) is 12.2 Å². The topological polar surface area (TPSA) is 70.2 Å². The number of fused-ring (bicyclic) bond motifs is 1. The summed E-state index contributed by atoms with van der Waals surface area (Å²) in [6, 6.07) is 5.78. The predicted molar refractivity (Wildman–Crippen MR) is 60.3 cm³/mol. The molecule has 0 bridgehead atoms. The lowest BCUT2D eigenvalue weighted by Gasteiger charge is -1.97. The number of H-pyrrole nitrogens is 2. The fourth-order valence-electron chi connectivity index (χ4n) is 1.77. The van der Waals surface area contributed by atoms with E-state index in [2.05, 4.69) is 25.6 Å². The summed E-state index contributed by atoms with van der Waals surface area (Å²) in [5.41, 5.74) is 2.09. The Morgan fingerprint density at radius 1 is 1.31 bits per heavy atom. The van der Waals surface area contributed by atoms with Gasteiger partial charge in [-0.2, -0.15) is 5.21 Å². The minimum Gasteiger partial charge on any atom is -0.361 e. The first-order valence-corrected chi connectivity index (χ1v) is 5.19. The molecule has 2 N–H and O–H groups in total. The maximum Gasteiger partial charge on any atom is 0.178 e. The van der Waals surface area contributed by atoms with Gasteiger partial charge < -0.3 is 4.98 Å². The van der Waals surface area contributed by atoms with Gasteiger partial charge in [-0.15, -0.1) is 10.2 Å². The van der Waals surface area contributed by atoms with Crippen molar-refractivity contribution < 1.29 is 0 Å². The van der Waals surface area contributed by atoms with Gasteiger partial charge >= 0.3 is 0 Å². The Balaban J connectivity index is 2.10. The highest BCUT2D eigenvalue weighted by Gasteiger charge is 2.09. The summed E-state index contributed by atoms with van der Waals surface area (Å²) in [7, 11) is 0. The maximum atomic E-state index is 6.16. The van der Waals surface area contributed by atoms with Gasteiger partial charge in [0.1, 0.15) is 0 Å². The summed E-state index contributed by atoms with van der Waals surface area (Å²) in [5.74, 6) is 0.654. The summed E-state index contributed by atoms with van der Waals surface area (Å²) in [6.07, 6.45) is 2.53. The average Bonchev–Trinajstić information content (AvgIpc) is 2.90. The number of halogens is 1. The zero-order valence-electron chi connectivity index (χ0n) is 8.24. The lowest BCUT2D eigenvalue weighted by atomic mass is 10.1. The Morgan fingerprint density at radius 2 is 2.25 bits per heavy atom. The second-order valence-electron chi connectivity index (χ2n) is 3.48. The summed E-state index contributed by atoms with van der Waals surface area (Å²) in [6.45, 7) is 0. The second kappa shape index (κ2) is 3.61. The highest BCUT2D eigenvalue weighted by atomic mass is 35.5. The Morgan fingerprint density at radius 3 is 3.06 bits per heavy atom. The van der Waals surface area contributed by atoms with Crippen LogP contribution in [0.15, 0.2) is 24.4 Å². The average molecular weight is 234 g/mol. The summed E-state index contributed by atoms with van der Waals surface area (Å²) in [5, 5.41) is 15.6. The predicted octanol–water partition coefficient (Wildman–Crippen LogP) is 1.93. The van der Waals surface area contributed by atoms with E-state index in [1.165, 1.54) is 0 Å².